The number of carbonyl (C=O) groups excluding carboxylic acids is 6. The lowest BCUT2D eigenvalue weighted by Gasteiger charge is -2.28. The molecule has 0 saturated carbocycles. The smallest absolute Gasteiger partial charge is 0.410 e. The fourth-order valence-electron chi connectivity index (χ4n) is 5.63. The van der Waals surface area contributed by atoms with Gasteiger partial charge in [0, 0.05) is 24.2 Å². The molecular formula is C36H46N4O8. The van der Waals surface area contributed by atoms with Crippen LogP contribution in [-0.4, -0.2) is 94.8 Å². The molecule has 0 bridgehead atoms. The third-order valence-electron chi connectivity index (χ3n) is 7.96. The van der Waals surface area contributed by atoms with Crippen LogP contribution in [0.3, 0.4) is 0 Å². The van der Waals surface area contributed by atoms with Crippen LogP contribution in [-0.2, 0) is 19.1 Å². The van der Waals surface area contributed by atoms with Crippen molar-refractivity contribution >= 4 is 35.6 Å². The Morgan fingerprint density at radius 2 is 0.938 bits per heavy atom. The van der Waals surface area contributed by atoms with Gasteiger partial charge in [0.25, 0.3) is 0 Å². The lowest BCUT2D eigenvalue weighted by atomic mass is 10.00. The molecule has 12 nitrogen and oxygen atoms in total. The molecule has 2 heterocycles. The van der Waals surface area contributed by atoms with E-state index in [1.54, 1.807) is 90.1 Å². The highest BCUT2D eigenvalue weighted by Crippen LogP contribution is 2.24. The summed E-state index contributed by atoms with van der Waals surface area (Å²) in [5.41, 5.74) is 1.14. The Kier molecular flexibility index (Phi) is 11.3. The van der Waals surface area contributed by atoms with Crippen LogP contribution in [0.25, 0.3) is 11.1 Å². The third-order valence-corrected chi connectivity index (χ3v) is 7.96. The van der Waals surface area contributed by atoms with Crippen molar-refractivity contribution in [2.24, 2.45) is 0 Å². The molecule has 2 atom stereocenters. The van der Waals surface area contributed by atoms with Crippen molar-refractivity contribution in [3.8, 4) is 11.1 Å². The van der Waals surface area contributed by atoms with E-state index in [9.17, 15) is 28.8 Å². The molecule has 12 heteroatoms. The van der Waals surface area contributed by atoms with Gasteiger partial charge >= 0.3 is 12.2 Å². The Balaban J connectivity index is 1.26. The maximum absolute atomic E-state index is 12.8. The minimum atomic E-state index is -0.678. The monoisotopic (exact) mass is 662 g/mol. The zero-order valence-electron chi connectivity index (χ0n) is 28.6. The quantitative estimate of drug-likeness (QED) is 0.365. The summed E-state index contributed by atoms with van der Waals surface area (Å²) in [7, 11) is 0. The molecule has 4 rings (SSSR count). The van der Waals surface area contributed by atoms with Crippen molar-refractivity contribution in [3.63, 3.8) is 0 Å². The maximum Gasteiger partial charge on any atom is 0.410 e. The van der Waals surface area contributed by atoms with E-state index < -0.39 is 35.5 Å². The number of hydrogen-bond donors (Lipinski definition) is 2. The van der Waals surface area contributed by atoms with Crippen LogP contribution in [0, 0.1) is 0 Å². The lowest BCUT2D eigenvalue weighted by Crippen LogP contribution is -2.48. The molecule has 2 aliphatic heterocycles. The number of hydrogen-bond acceptors (Lipinski definition) is 8. The number of benzene rings is 2. The van der Waals surface area contributed by atoms with Crippen molar-refractivity contribution in [3.05, 3.63) is 59.7 Å². The van der Waals surface area contributed by atoms with E-state index in [1.165, 1.54) is 9.80 Å². The van der Waals surface area contributed by atoms with Crippen molar-refractivity contribution in [1.82, 2.24) is 20.4 Å². The molecule has 2 saturated heterocycles. The number of ketones is 2. The molecule has 2 aromatic carbocycles. The molecule has 0 aliphatic carbocycles. The second-order valence-corrected chi connectivity index (χ2v) is 14.1. The standard InChI is InChI=1S/C36H46N4O8/c1-35(2,3)47-33(45)39-19-7-9-27(39)31(43)37-21-29(41)25-15-11-23(12-16-25)24-13-17-26(18-14-24)30(42)22-38-32(44)28-10-8-20-40(28)34(46)48-36(4,5)6/h11-18,27-28H,7-10,19-22H2,1-6H3,(H,37,43)(H,38,44). The number of nitrogens with one attached hydrogen (secondary N) is 2. The Labute approximate surface area is 281 Å². The molecule has 2 N–H and O–H groups in total. The summed E-state index contributed by atoms with van der Waals surface area (Å²) in [6.07, 6.45) is 1.27. The predicted octanol–water partition coefficient (Wildman–Crippen LogP) is 4.75. The van der Waals surface area contributed by atoms with Crippen molar-refractivity contribution in [1.29, 1.82) is 0 Å². The Morgan fingerprint density at radius 3 is 1.25 bits per heavy atom. The first-order chi connectivity index (χ1) is 22.5. The SMILES string of the molecule is CC(C)(C)OC(=O)N1CCCC1C(=O)NCC(=O)c1ccc(-c2ccc(C(=O)CNC(=O)C3CCCN3C(=O)OC(C)(C)C)cc2)cc1. The molecule has 2 unspecified atom stereocenters. The molecule has 2 aromatic rings. The van der Waals surface area contributed by atoms with Crippen LogP contribution in [0.5, 0.6) is 0 Å². The molecule has 2 aliphatic rings. The van der Waals surface area contributed by atoms with E-state index in [-0.39, 0.29) is 36.5 Å². The average molecular weight is 663 g/mol. The van der Waals surface area contributed by atoms with Crippen molar-refractivity contribution < 1.29 is 38.2 Å². The third kappa shape index (κ3) is 9.65. The Hall–Kier alpha value is -4.74. The minimum absolute atomic E-state index is 0.204. The second-order valence-electron chi connectivity index (χ2n) is 14.1. The number of Topliss-reactive ketones (excluding diaryl/α,β-unsaturated/α-hetero) is 2. The highest BCUT2D eigenvalue weighted by molar-refractivity contribution is 6.01. The van der Waals surface area contributed by atoms with Crippen LogP contribution >= 0.6 is 0 Å². The van der Waals surface area contributed by atoms with Gasteiger partial charge in [0.2, 0.25) is 11.8 Å². The van der Waals surface area contributed by atoms with Gasteiger partial charge in [0.05, 0.1) is 13.1 Å². The predicted molar refractivity (Wildman–Crippen MR) is 178 cm³/mol. The molecule has 4 amide bonds. The van der Waals surface area contributed by atoms with E-state index >= 15 is 0 Å². The summed E-state index contributed by atoms with van der Waals surface area (Å²) in [5.74, 6) is -1.32. The summed E-state index contributed by atoms with van der Waals surface area (Å²) in [5, 5.41) is 5.33. The average Bonchev–Trinajstić information content (AvgIpc) is 3.72. The Morgan fingerprint density at radius 1 is 0.604 bits per heavy atom. The second kappa shape index (κ2) is 15.0. The molecular weight excluding hydrogens is 616 g/mol. The van der Waals surface area contributed by atoms with Crippen LogP contribution in [0.2, 0.25) is 0 Å². The van der Waals surface area contributed by atoms with Crippen molar-refractivity contribution in [2.45, 2.75) is 90.5 Å². The van der Waals surface area contributed by atoms with Gasteiger partial charge in [-0.3, -0.25) is 29.0 Å². The lowest BCUT2D eigenvalue weighted by molar-refractivity contribution is -0.125. The minimum Gasteiger partial charge on any atom is -0.444 e. The fourth-order valence-corrected chi connectivity index (χ4v) is 5.63. The molecule has 48 heavy (non-hydrogen) atoms. The highest BCUT2D eigenvalue weighted by atomic mass is 16.6. The largest absolute Gasteiger partial charge is 0.444 e. The van der Waals surface area contributed by atoms with Gasteiger partial charge in [0.15, 0.2) is 11.6 Å². The van der Waals surface area contributed by atoms with Gasteiger partial charge in [-0.15, -0.1) is 0 Å². The first-order valence-electron chi connectivity index (χ1n) is 16.3. The first kappa shape index (κ1) is 36.1. The van der Waals surface area contributed by atoms with Crippen molar-refractivity contribution in [2.75, 3.05) is 26.2 Å². The van der Waals surface area contributed by atoms with Gasteiger partial charge < -0.3 is 20.1 Å². The first-order valence-corrected chi connectivity index (χ1v) is 16.3. The van der Waals surface area contributed by atoms with E-state index in [0.717, 1.165) is 11.1 Å². The summed E-state index contributed by atoms with van der Waals surface area (Å²) < 4.78 is 10.8. The van der Waals surface area contributed by atoms with Crippen LogP contribution in [0.1, 0.15) is 87.9 Å². The van der Waals surface area contributed by atoms with E-state index in [0.29, 0.717) is 49.9 Å². The van der Waals surface area contributed by atoms with Gasteiger partial charge in [0.1, 0.15) is 23.3 Å². The maximum atomic E-state index is 12.8. The van der Waals surface area contributed by atoms with E-state index in [1.807, 2.05) is 0 Å². The number of amides is 4. The Bertz CT molecular complexity index is 1410. The number of nitrogens with zero attached hydrogens (tertiary/aromatic N) is 2. The van der Waals surface area contributed by atoms with Crippen LogP contribution in [0.4, 0.5) is 9.59 Å². The zero-order chi connectivity index (χ0) is 35.2. The molecule has 2 fully saturated rings. The highest BCUT2D eigenvalue weighted by Gasteiger charge is 2.38. The number of likely N-dealkylation sites (tertiary alicyclic amines) is 2. The summed E-state index contributed by atoms with van der Waals surface area (Å²) in [6.45, 7) is 11.0. The fraction of sp³-hybridized carbons (Fsp3) is 0.500. The topological polar surface area (TPSA) is 151 Å². The van der Waals surface area contributed by atoms with Crippen LogP contribution in [0.15, 0.2) is 48.5 Å². The van der Waals surface area contributed by atoms with Gasteiger partial charge in [-0.05, 0) is 78.4 Å². The number of carbonyl (C=O) groups is 6. The summed E-state index contributed by atoms with van der Waals surface area (Å²) >= 11 is 0. The molecule has 0 radical (unpaired) electrons. The number of ether oxygens (including phenoxy) is 2. The van der Waals surface area contributed by atoms with Gasteiger partial charge in [-0.2, -0.15) is 0 Å². The zero-order valence-corrected chi connectivity index (χ0v) is 28.6. The van der Waals surface area contributed by atoms with Crippen LogP contribution < -0.4 is 10.6 Å². The summed E-state index contributed by atoms with van der Waals surface area (Å²) in [4.78, 5) is 79.1. The summed E-state index contributed by atoms with van der Waals surface area (Å²) in [6, 6.07) is 12.5. The number of rotatable bonds is 9. The van der Waals surface area contributed by atoms with Gasteiger partial charge in [-0.25, -0.2) is 9.59 Å². The molecule has 258 valence electrons. The normalized spacial score (nSPS) is 17.9. The molecule has 0 spiro atoms. The van der Waals surface area contributed by atoms with Gasteiger partial charge in [-0.1, -0.05) is 48.5 Å². The van der Waals surface area contributed by atoms with E-state index in [4.69, 9.17) is 9.47 Å². The molecule has 0 aromatic heterocycles. The van der Waals surface area contributed by atoms with E-state index in [2.05, 4.69) is 10.6 Å².